The van der Waals surface area contributed by atoms with Gasteiger partial charge < -0.3 is 10.1 Å². The molecule has 8 heteroatoms. The first-order valence-corrected chi connectivity index (χ1v) is 7.52. The molecule has 0 aliphatic rings. The van der Waals surface area contributed by atoms with Crippen molar-refractivity contribution in [1.82, 2.24) is 25.5 Å². The summed E-state index contributed by atoms with van der Waals surface area (Å²) in [6, 6.07) is 9.22. The molecular weight excluding hydrogens is 290 g/mol. The van der Waals surface area contributed by atoms with Crippen molar-refractivity contribution in [3.05, 3.63) is 30.3 Å². The zero-order valence-electron chi connectivity index (χ0n) is 11.9. The Balaban J connectivity index is 2.07. The molecule has 2 rings (SSSR count). The van der Waals surface area contributed by atoms with Crippen LogP contribution in [0.4, 0.5) is 0 Å². The van der Waals surface area contributed by atoms with E-state index >= 15 is 0 Å². The highest BCUT2D eigenvalue weighted by molar-refractivity contribution is 7.99. The van der Waals surface area contributed by atoms with Gasteiger partial charge in [-0.25, -0.2) is 0 Å². The maximum atomic E-state index is 11.7. The molecule has 0 aliphatic carbocycles. The van der Waals surface area contributed by atoms with Crippen molar-refractivity contribution >= 4 is 17.7 Å². The molecule has 0 fully saturated rings. The first-order chi connectivity index (χ1) is 10.3. The van der Waals surface area contributed by atoms with Gasteiger partial charge in [0.1, 0.15) is 6.04 Å². The zero-order valence-corrected chi connectivity index (χ0v) is 12.7. The van der Waals surface area contributed by atoms with E-state index < -0.39 is 0 Å². The van der Waals surface area contributed by atoms with Crippen LogP contribution in [0, 0.1) is 0 Å². The van der Waals surface area contributed by atoms with Crippen molar-refractivity contribution in [2.24, 2.45) is 0 Å². The number of carbonyl (C=O) groups is 1. The monoisotopic (exact) mass is 307 g/mol. The number of benzene rings is 1. The molecule has 0 aliphatic heterocycles. The van der Waals surface area contributed by atoms with Crippen LogP contribution in [0.1, 0.15) is 6.92 Å². The van der Waals surface area contributed by atoms with Crippen molar-refractivity contribution < 1.29 is 9.53 Å². The van der Waals surface area contributed by atoms with Crippen LogP contribution in [0.3, 0.4) is 0 Å². The van der Waals surface area contributed by atoms with Gasteiger partial charge in [-0.2, -0.15) is 4.68 Å². The lowest BCUT2D eigenvalue weighted by atomic mass is 10.3. The minimum atomic E-state index is -0.383. The standard InChI is InChI=1S/C13H17N5O2S/c1-3-14-11(12(19)20-2)9-21-13-15-16-17-18(13)10-7-5-4-6-8-10/h4-8,11,14H,3,9H2,1-2H3. The average Bonchev–Trinajstić information content (AvgIpc) is 3.00. The number of para-hydroxylation sites is 1. The third kappa shape index (κ3) is 4.02. The molecule has 0 amide bonds. The summed E-state index contributed by atoms with van der Waals surface area (Å²) in [6.45, 7) is 2.62. The second-order valence-electron chi connectivity index (χ2n) is 4.15. The highest BCUT2D eigenvalue weighted by Gasteiger charge is 2.20. The van der Waals surface area contributed by atoms with Crippen LogP contribution >= 0.6 is 11.8 Å². The summed E-state index contributed by atoms with van der Waals surface area (Å²) in [4.78, 5) is 11.7. The number of nitrogens with zero attached hydrogens (tertiary/aromatic N) is 4. The summed E-state index contributed by atoms with van der Waals surface area (Å²) in [5, 5.41) is 15.4. The van der Waals surface area contributed by atoms with E-state index in [1.165, 1.54) is 18.9 Å². The van der Waals surface area contributed by atoms with Crippen molar-refractivity contribution in [3.63, 3.8) is 0 Å². The van der Waals surface area contributed by atoms with Crippen LogP contribution in [-0.4, -0.2) is 51.6 Å². The number of methoxy groups -OCH3 is 1. The number of likely N-dealkylation sites (N-methyl/N-ethyl adjacent to an activating group) is 1. The SMILES string of the molecule is CCNC(CSc1nnnn1-c1ccccc1)C(=O)OC. The molecule has 7 nitrogen and oxygen atoms in total. The largest absolute Gasteiger partial charge is 0.468 e. The number of aromatic nitrogens is 4. The third-order valence-corrected chi connectivity index (χ3v) is 3.77. The van der Waals surface area contributed by atoms with Gasteiger partial charge in [-0.15, -0.1) is 5.10 Å². The normalized spacial score (nSPS) is 12.1. The lowest BCUT2D eigenvalue weighted by molar-refractivity contribution is -0.142. The van der Waals surface area contributed by atoms with Gasteiger partial charge in [0.05, 0.1) is 12.8 Å². The molecule has 1 N–H and O–H groups in total. The van der Waals surface area contributed by atoms with E-state index in [9.17, 15) is 4.79 Å². The van der Waals surface area contributed by atoms with Crippen LogP contribution in [-0.2, 0) is 9.53 Å². The molecule has 1 unspecified atom stereocenters. The average molecular weight is 307 g/mol. The minimum absolute atomic E-state index is 0.289. The number of nitrogens with one attached hydrogen (secondary N) is 1. The summed E-state index contributed by atoms with van der Waals surface area (Å²) < 4.78 is 6.42. The molecule has 1 heterocycles. The number of hydrogen-bond acceptors (Lipinski definition) is 7. The van der Waals surface area contributed by atoms with Crippen LogP contribution in [0.5, 0.6) is 0 Å². The molecule has 21 heavy (non-hydrogen) atoms. The Morgan fingerprint density at radius 2 is 2.19 bits per heavy atom. The van der Waals surface area contributed by atoms with Gasteiger partial charge in [-0.1, -0.05) is 36.9 Å². The van der Waals surface area contributed by atoms with Gasteiger partial charge in [0, 0.05) is 5.75 Å². The Morgan fingerprint density at radius 1 is 1.43 bits per heavy atom. The van der Waals surface area contributed by atoms with Crippen LogP contribution in [0.2, 0.25) is 0 Å². The third-order valence-electron chi connectivity index (χ3n) is 2.76. The summed E-state index contributed by atoms with van der Waals surface area (Å²) in [5.41, 5.74) is 0.878. The van der Waals surface area contributed by atoms with Crippen molar-refractivity contribution in [2.75, 3.05) is 19.4 Å². The van der Waals surface area contributed by atoms with E-state index in [2.05, 4.69) is 20.8 Å². The zero-order chi connectivity index (χ0) is 15.1. The molecular formula is C13H17N5O2S. The summed E-state index contributed by atoms with van der Waals surface area (Å²) in [6.07, 6.45) is 0. The van der Waals surface area contributed by atoms with Gasteiger partial charge in [0.2, 0.25) is 5.16 Å². The number of rotatable bonds is 7. The predicted molar refractivity (Wildman–Crippen MR) is 79.4 cm³/mol. The van der Waals surface area contributed by atoms with Crippen molar-refractivity contribution in [2.45, 2.75) is 18.1 Å². The second kappa shape index (κ2) is 7.75. The Labute approximate surface area is 127 Å². The number of tetrazole rings is 1. The van der Waals surface area contributed by atoms with E-state index in [-0.39, 0.29) is 12.0 Å². The molecule has 0 radical (unpaired) electrons. The molecule has 1 aromatic heterocycles. The second-order valence-corrected chi connectivity index (χ2v) is 5.14. The molecule has 2 aromatic rings. The van der Waals surface area contributed by atoms with Gasteiger partial charge in [0.25, 0.3) is 0 Å². The fourth-order valence-electron chi connectivity index (χ4n) is 1.76. The molecule has 0 bridgehead atoms. The maximum absolute atomic E-state index is 11.7. The van der Waals surface area contributed by atoms with Gasteiger partial charge in [0.15, 0.2) is 0 Å². The molecule has 1 aromatic carbocycles. The first kappa shape index (κ1) is 15.5. The molecule has 1 atom stereocenters. The topological polar surface area (TPSA) is 81.9 Å². The van der Waals surface area contributed by atoms with Crippen molar-refractivity contribution in [1.29, 1.82) is 0 Å². The Bertz CT molecular complexity index is 575. The Morgan fingerprint density at radius 3 is 2.86 bits per heavy atom. The quantitative estimate of drug-likeness (QED) is 0.601. The van der Waals surface area contributed by atoms with E-state index in [0.717, 1.165) is 5.69 Å². The lowest BCUT2D eigenvalue weighted by Crippen LogP contribution is -2.39. The minimum Gasteiger partial charge on any atom is -0.468 e. The van der Waals surface area contributed by atoms with E-state index in [0.29, 0.717) is 17.5 Å². The Hall–Kier alpha value is -1.93. The summed E-state index contributed by atoms with van der Waals surface area (Å²) in [7, 11) is 1.38. The highest BCUT2D eigenvalue weighted by atomic mass is 32.2. The molecule has 0 spiro atoms. The summed E-state index contributed by atoms with van der Waals surface area (Å²) in [5.74, 6) is 0.205. The fraction of sp³-hybridized carbons (Fsp3) is 0.385. The number of carbonyl (C=O) groups excluding carboxylic acids is 1. The predicted octanol–water partition coefficient (Wildman–Crippen LogP) is 0.905. The van der Waals surface area contributed by atoms with Crippen LogP contribution < -0.4 is 5.32 Å². The smallest absolute Gasteiger partial charge is 0.323 e. The molecule has 0 saturated heterocycles. The summed E-state index contributed by atoms with van der Waals surface area (Å²) >= 11 is 1.40. The number of ether oxygens (including phenoxy) is 1. The van der Waals surface area contributed by atoms with Gasteiger partial charge in [-0.3, -0.25) is 4.79 Å². The highest BCUT2D eigenvalue weighted by Crippen LogP contribution is 2.18. The molecule has 0 saturated carbocycles. The van der Waals surface area contributed by atoms with E-state index in [1.54, 1.807) is 4.68 Å². The maximum Gasteiger partial charge on any atom is 0.323 e. The van der Waals surface area contributed by atoms with E-state index in [1.807, 2.05) is 37.3 Å². The van der Waals surface area contributed by atoms with Gasteiger partial charge >= 0.3 is 5.97 Å². The Kier molecular flexibility index (Phi) is 5.70. The number of hydrogen-bond donors (Lipinski definition) is 1. The van der Waals surface area contributed by atoms with E-state index in [4.69, 9.17) is 4.74 Å². The number of thioether (sulfide) groups is 1. The molecule has 112 valence electrons. The van der Waals surface area contributed by atoms with Gasteiger partial charge in [-0.05, 0) is 29.1 Å². The first-order valence-electron chi connectivity index (χ1n) is 6.54. The fourth-order valence-corrected chi connectivity index (χ4v) is 2.69. The van der Waals surface area contributed by atoms with Crippen molar-refractivity contribution in [3.8, 4) is 5.69 Å². The number of esters is 1. The van der Waals surface area contributed by atoms with Crippen LogP contribution in [0.25, 0.3) is 5.69 Å². The van der Waals surface area contributed by atoms with Crippen LogP contribution in [0.15, 0.2) is 35.5 Å². The lowest BCUT2D eigenvalue weighted by Gasteiger charge is -2.14.